The largest absolute Gasteiger partial charge is 0.389 e. The fraction of sp³-hybridized carbons (Fsp3) is 0.533. The van der Waals surface area contributed by atoms with Crippen LogP contribution in [-0.4, -0.2) is 6.18 Å². The van der Waals surface area contributed by atoms with E-state index in [9.17, 15) is 13.2 Å². The molecular weight excluding hydrogens is 237 g/mol. The summed E-state index contributed by atoms with van der Waals surface area (Å²) in [5, 5.41) is 0. The molecule has 0 atom stereocenters. The average Bonchev–Trinajstić information content (AvgIpc) is 2.17. The van der Waals surface area contributed by atoms with Crippen LogP contribution in [0.25, 0.3) is 0 Å². The molecule has 18 heavy (non-hydrogen) atoms. The lowest BCUT2D eigenvalue weighted by atomic mass is 9.82. The molecule has 0 aromatic heterocycles. The van der Waals surface area contributed by atoms with Gasteiger partial charge in [-0.25, -0.2) is 0 Å². The van der Waals surface area contributed by atoms with Crippen molar-refractivity contribution in [3.8, 4) is 0 Å². The molecule has 0 nitrogen and oxygen atoms in total. The molecule has 0 aliphatic carbocycles. The number of halogens is 3. The predicted octanol–water partition coefficient (Wildman–Crippen LogP) is 4.97. The maximum atomic E-state index is 12.4. The number of benzene rings is 1. The van der Waals surface area contributed by atoms with Crippen molar-refractivity contribution >= 4 is 0 Å². The topological polar surface area (TPSA) is 0 Å². The lowest BCUT2D eigenvalue weighted by Crippen LogP contribution is -2.24. The zero-order valence-corrected chi connectivity index (χ0v) is 11.0. The van der Waals surface area contributed by atoms with Crippen molar-refractivity contribution in [2.24, 2.45) is 5.41 Å². The first-order valence-corrected chi connectivity index (χ1v) is 6.16. The molecule has 0 heterocycles. The minimum absolute atomic E-state index is 0.442. The number of hydrogen-bond acceptors (Lipinski definition) is 0. The van der Waals surface area contributed by atoms with Crippen LogP contribution in [0, 0.1) is 12.3 Å². The van der Waals surface area contributed by atoms with Gasteiger partial charge < -0.3 is 0 Å². The molecule has 0 aliphatic rings. The Labute approximate surface area is 107 Å². The van der Waals surface area contributed by atoms with E-state index in [0.29, 0.717) is 6.42 Å². The maximum Gasteiger partial charge on any atom is 0.389 e. The highest BCUT2D eigenvalue weighted by molar-refractivity contribution is 5.23. The molecule has 0 saturated heterocycles. The van der Waals surface area contributed by atoms with Gasteiger partial charge in [0.05, 0.1) is 0 Å². The Morgan fingerprint density at radius 2 is 1.50 bits per heavy atom. The normalized spacial score (nSPS) is 12.8. The summed E-state index contributed by atoms with van der Waals surface area (Å²) in [5.74, 6) is 0. The molecule has 0 amide bonds. The molecule has 0 aliphatic heterocycles. The summed E-state index contributed by atoms with van der Waals surface area (Å²) >= 11 is 0. The SMILES string of the molecule is [CH2]CCc1ccc(CC(C)(C)CC(F)(F)F)cc1. The molecule has 1 aromatic rings. The highest BCUT2D eigenvalue weighted by Gasteiger charge is 2.36. The lowest BCUT2D eigenvalue weighted by molar-refractivity contribution is -0.154. The fourth-order valence-electron chi connectivity index (χ4n) is 2.19. The molecule has 0 bridgehead atoms. The van der Waals surface area contributed by atoms with Crippen LogP contribution in [-0.2, 0) is 12.8 Å². The van der Waals surface area contributed by atoms with Crippen LogP contribution >= 0.6 is 0 Å². The van der Waals surface area contributed by atoms with Crippen molar-refractivity contribution in [2.75, 3.05) is 0 Å². The Morgan fingerprint density at radius 3 is 1.94 bits per heavy atom. The van der Waals surface area contributed by atoms with E-state index < -0.39 is 18.0 Å². The first kappa shape index (κ1) is 15.1. The van der Waals surface area contributed by atoms with Gasteiger partial charge in [-0.3, -0.25) is 0 Å². The van der Waals surface area contributed by atoms with Crippen molar-refractivity contribution in [1.82, 2.24) is 0 Å². The highest BCUT2D eigenvalue weighted by Crippen LogP contribution is 2.35. The number of aryl methyl sites for hydroxylation is 1. The van der Waals surface area contributed by atoms with E-state index in [0.717, 1.165) is 18.4 Å². The quantitative estimate of drug-likeness (QED) is 0.698. The molecule has 0 saturated carbocycles. The lowest BCUT2D eigenvalue weighted by Gasteiger charge is -2.26. The standard InChI is InChI=1S/C15H20F3/c1-4-5-12-6-8-13(9-7-12)10-14(2,3)11-15(16,17)18/h6-9H,1,4-5,10-11H2,2-3H3. The summed E-state index contributed by atoms with van der Waals surface area (Å²) in [6, 6.07) is 7.79. The predicted molar refractivity (Wildman–Crippen MR) is 68.3 cm³/mol. The third kappa shape index (κ3) is 5.56. The zero-order chi connectivity index (χ0) is 13.8. The molecule has 1 aromatic carbocycles. The molecule has 0 spiro atoms. The minimum Gasteiger partial charge on any atom is -0.171 e. The average molecular weight is 257 g/mol. The van der Waals surface area contributed by atoms with E-state index in [2.05, 4.69) is 6.92 Å². The summed E-state index contributed by atoms with van der Waals surface area (Å²) in [5.41, 5.74) is 1.38. The molecule has 101 valence electrons. The Hall–Kier alpha value is -0.990. The van der Waals surface area contributed by atoms with Crippen LogP contribution in [0.15, 0.2) is 24.3 Å². The van der Waals surface area contributed by atoms with Gasteiger partial charge in [-0.2, -0.15) is 13.2 Å². The Bertz CT molecular complexity index is 360. The molecule has 1 rings (SSSR count). The number of hydrogen-bond donors (Lipinski definition) is 0. The van der Waals surface area contributed by atoms with Crippen LogP contribution in [0.1, 0.15) is 37.8 Å². The highest BCUT2D eigenvalue weighted by atomic mass is 19.4. The fourth-order valence-corrected chi connectivity index (χ4v) is 2.19. The van der Waals surface area contributed by atoms with Crippen LogP contribution < -0.4 is 0 Å². The summed E-state index contributed by atoms with van der Waals surface area (Å²) < 4.78 is 37.2. The number of rotatable bonds is 5. The Morgan fingerprint density at radius 1 is 1.00 bits per heavy atom. The van der Waals surface area contributed by atoms with Crippen LogP contribution in [0.3, 0.4) is 0 Å². The molecular formula is C15H20F3. The molecule has 0 N–H and O–H groups in total. The van der Waals surface area contributed by atoms with Gasteiger partial charge in [0.2, 0.25) is 0 Å². The van der Waals surface area contributed by atoms with Crippen molar-refractivity contribution < 1.29 is 13.2 Å². The second-order valence-electron chi connectivity index (χ2n) is 5.55. The van der Waals surface area contributed by atoms with Gasteiger partial charge >= 0.3 is 6.18 Å². The number of alkyl halides is 3. The Balaban J connectivity index is 2.66. The second kappa shape index (κ2) is 5.77. The summed E-state index contributed by atoms with van der Waals surface area (Å²) in [7, 11) is 0. The van der Waals surface area contributed by atoms with Gasteiger partial charge in [-0.05, 0) is 35.8 Å². The third-order valence-electron chi connectivity index (χ3n) is 2.85. The minimum atomic E-state index is -4.10. The first-order chi connectivity index (χ1) is 8.22. The first-order valence-electron chi connectivity index (χ1n) is 6.16. The zero-order valence-electron chi connectivity index (χ0n) is 11.0. The van der Waals surface area contributed by atoms with Gasteiger partial charge in [-0.1, -0.05) is 45.0 Å². The second-order valence-corrected chi connectivity index (χ2v) is 5.55. The molecule has 0 fully saturated rings. The maximum absolute atomic E-state index is 12.4. The van der Waals surface area contributed by atoms with E-state index in [-0.39, 0.29) is 0 Å². The van der Waals surface area contributed by atoms with E-state index >= 15 is 0 Å². The monoisotopic (exact) mass is 257 g/mol. The van der Waals surface area contributed by atoms with Gasteiger partial charge in [0.1, 0.15) is 0 Å². The van der Waals surface area contributed by atoms with Crippen molar-refractivity contribution in [2.45, 2.75) is 45.7 Å². The summed E-state index contributed by atoms with van der Waals surface area (Å²) in [6.07, 6.45) is -2.67. The summed E-state index contributed by atoms with van der Waals surface area (Å²) in [4.78, 5) is 0. The van der Waals surface area contributed by atoms with E-state index in [4.69, 9.17) is 0 Å². The van der Waals surface area contributed by atoms with Crippen LogP contribution in [0.4, 0.5) is 13.2 Å². The smallest absolute Gasteiger partial charge is 0.171 e. The van der Waals surface area contributed by atoms with E-state index in [1.165, 1.54) is 5.56 Å². The van der Waals surface area contributed by atoms with Gasteiger partial charge in [-0.15, -0.1) is 0 Å². The molecule has 1 radical (unpaired) electrons. The molecule has 3 heteroatoms. The molecule has 0 unspecified atom stereocenters. The van der Waals surface area contributed by atoms with Crippen molar-refractivity contribution in [3.63, 3.8) is 0 Å². The third-order valence-corrected chi connectivity index (χ3v) is 2.85. The van der Waals surface area contributed by atoms with Crippen molar-refractivity contribution in [3.05, 3.63) is 42.3 Å². The summed E-state index contributed by atoms with van der Waals surface area (Å²) in [6.45, 7) is 7.09. The Kier molecular flexibility index (Phi) is 4.83. The van der Waals surface area contributed by atoms with Crippen LogP contribution in [0.5, 0.6) is 0 Å². The van der Waals surface area contributed by atoms with E-state index in [1.807, 2.05) is 24.3 Å². The van der Waals surface area contributed by atoms with Crippen LogP contribution in [0.2, 0.25) is 0 Å². The van der Waals surface area contributed by atoms with E-state index in [1.54, 1.807) is 13.8 Å². The van der Waals surface area contributed by atoms with Gasteiger partial charge in [0.15, 0.2) is 0 Å². The van der Waals surface area contributed by atoms with Crippen molar-refractivity contribution in [1.29, 1.82) is 0 Å². The van der Waals surface area contributed by atoms with Gasteiger partial charge in [0, 0.05) is 6.42 Å². The van der Waals surface area contributed by atoms with Gasteiger partial charge in [0.25, 0.3) is 0 Å².